The van der Waals surface area contributed by atoms with Gasteiger partial charge in [0.25, 0.3) is 5.91 Å². The summed E-state index contributed by atoms with van der Waals surface area (Å²) in [5, 5.41) is 11.9. The topological polar surface area (TPSA) is 84.2 Å². The van der Waals surface area contributed by atoms with Gasteiger partial charge < -0.3 is 14.8 Å². The molecular weight excluding hydrogens is 349 g/mol. The zero-order chi connectivity index (χ0) is 19.2. The number of nitriles is 1. The standard InChI is InChI=1S/C20H16FN3O3/c1-26-19-12-17-15(11-16(19)20(25)24-8-3-7-22)18(6-9-23-17)27-14-5-2-4-13(21)10-14/h2,4-6,9-12H,3,8H2,1H3,(H,24,25). The highest BCUT2D eigenvalue weighted by Crippen LogP contribution is 2.33. The first-order valence-electron chi connectivity index (χ1n) is 8.17. The minimum atomic E-state index is -0.412. The average molecular weight is 365 g/mol. The number of hydrogen-bond donors (Lipinski definition) is 1. The smallest absolute Gasteiger partial charge is 0.255 e. The molecule has 0 saturated heterocycles. The lowest BCUT2D eigenvalue weighted by Gasteiger charge is -2.13. The molecule has 0 spiro atoms. The number of rotatable bonds is 6. The number of amides is 1. The fourth-order valence-electron chi connectivity index (χ4n) is 2.57. The Morgan fingerprint density at radius 3 is 2.85 bits per heavy atom. The van der Waals surface area contributed by atoms with Crippen LogP contribution in [0.25, 0.3) is 10.9 Å². The van der Waals surface area contributed by atoms with Gasteiger partial charge in [-0.2, -0.15) is 5.26 Å². The summed E-state index contributed by atoms with van der Waals surface area (Å²) in [6.45, 7) is 0.232. The Morgan fingerprint density at radius 2 is 2.11 bits per heavy atom. The monoisotopic (exact) mass is 365 g/mol. The summed E-state index contributed by atoms with van der Waals surface area (Å²) in [7, 11) is 1.46. The van der Waals surface area contributed by atoms with Crippen LogP contribution in [0, 0.1) is 17.1 Å². The van der Waals surface area contributed by atoms with Crippen molar-refractivity contribution in [2.24, 2.45) is 0 Å². The second kappa shape index (κ2) is 8.15. The zero-order valence-corrected chi connectivity index (χ0v) is 14.5. The van der Waals surface area contributed by atoms with Crippen LogP contribution in [0.4, 0.5) is 4.39 Å². The average Bonchev–Trinajstić information content (AvgIpc) is 2.67. The third-order valence-corrected chi connectivity index (χ3v) is 3.81. The summed E-state index contributed by atoms with van der Waals surface area (Å²) in [4.78, 5) is 16.7. The van der Waals surface area contributed by atoms with Crippen LogP contribution in [0.5, 0.6) is 17.2 Å². The Balaban J connectivity index is 2.02. The molecule has 7 heteroatoms. The van der Waals surface area contributed by atoms with Gasteiger partial charge in [-0.05, 0) is 24.3 Å². The van der Waals surface area contributed by atoms with Gasteiger partial charge in [-0.3, -0.25) is 9.78 Å². The molecule has 3 aromatic rings. The van der Waals surface area contributed by atoms with Crippen LogP contribution in [-0.4, -0.2) is 24.5 Å². The predicted molar refractivity (Wildman–Crippen MR) is 97.3 cm³/mol. The summed E-state index contributed by atoms with van der Waals surface area (Å²) < 4.78 is 24.5. The van der Waals surface area contributed by atoms with E-state index >= 15 is 0 Å². The van der Waals surface area contributed by atoms with Gasteiger partial charge in [0.1, 0.15) is 23.1 Å². The maximum absolute atomic E-state index is 13.4. The van der Waals surface area contributed by atoms with Gasteiger partial charge in [-0.1, -0.05) is 6.07 Å². The van der Waals surface area contributed by atoms with Crippen LogP contribution in [0.1, 0.15) is 16.8 Å². The first-order chi connectivity index (χ1) is 13.1. The van der Waals surface area contributed by atoms with Gasteiger partial charge in [0.05, 0.1) is 30.7 Å². The zero-order valence-electron chi connectivity index (χ0n) is 14.5. The van der Waals surface area contributed by atoms with Crippen molar-refractivity contribution in [3.05, 3.63) is 60.0 Å². The van der Waals surface area contributed by atoms with Crippen LogP contribution in [0.3, 0.4) is 0 Å². The summed E-state index contributed by atoms with van der Waals surface area (Å²) in [5.41, 5.74) is 0.856. The number of halogens is 1. The van der Waals surface area contributed by atoms with E-state index in [2.05, 4.69) is 10.3 Å². The predicted octanol–water partition coefficient (Wildman–Crippen LogP) is 3.82. The Bertz CT molecular complexity index is 1030. The van der Waals surface area contributed by atoms with Crippen LogP contribution >= 0.6 is 0 Å². The molecular formula is C20H16FN3O3. The first kappa shape index (κ1) is 18.1. The van der Waals surface area contributed by atoms with Crippen LogP contribution in [-0.2, 0) is 0 Å². The highest BCUT2D eigenvalue weighted by molar-refractivity contribution is 6.02. The number of aromatic nitrogens is 1. The van der Waals surface area contributed by atoms with Crippen LogP contribution < -0.4 is 14.8 Å². The number of nitrogens with zero attached hydrogens (tertiary/aromatic N) is 2. The van der Waals surface area contributed by atoms with Crippen molar-refractivity contribution < 1.29 is 18.7 Å². The fraction of sp³-hybridized carbons (Fsp3) is 0.150. The molecule has 1 aromatic heterocycles. The summed E-state index contributed by atoms with van der Waals surface area (Å²) >= 11 is 0. The molecule has 2 aromatic carbocycles. The Morgan fingerprint density at radius 1 is 1.26 bits per heavy atom. The lowest BCUT2D eigenvalue weighted by atomic mass is 10.1. The van der Waals surface area contributed by atoms with Crippen molar-refractivity contribution in [1.29, 1.82) is 5.26 Å². The van der Waals surface area contributed by atoms with E-state index in [9.17, 15) is 9.18 Å². The number of nitrogens with one attached hydrogen (secondary N) is 1. The van der Waals surface area contributed by atoms with Gasteiger partial charge in [0, 0.05) is 30.3 Å². The van der Waals surface area contributed by atoms with Crippen molar-refractivity contribution in [2.75, 3.05) is 13.7 Å². The van der Waals surface area contributed by atoms with E-state index in [1.165, 1.54) is 19.2 Å². The molecule has 0 aliphatic carbocycles. The van der Waals surface area contributed by atoms with Crippen molar-refractivity contribution in [3.8, 4) is 23.3 Å². The van der Waals surface area contributed by atoms with Crippen LogP contribution in [0.2, 0.25) is 0 Å². The molecule has 0 unspecified atom stereocenters. The maximum atomic E-state index is 13.4. The molecule has 3 rings (SSSR count). The normalized spacial score (nSPS) is 10.3. The minimum absolute atomic E-state index is 0.205. The molecule has 0 atom stereocenters. The van der Waals surface area contributed by atoms with Crippen molar-refractivity contribution in [2.45, 2.75) is 6.42 Å². The Labute approximate surface area is 155 Å². The molecule has 136 valence electrons. The van der Waals surface area contributed by atoms with Crippen LogP contribution in [0.15, 0.2) is 48.7 Å². The molecule has 0 bridgehead atoms. The van der Waals surface area contributed by atoms with E-state index in [1.54, 1.807) is 36.5 Å². The minimum Gasteiger partial charge on any atom is -0.496 e. The van der Waals surface area contributed by atoms with E-state index in [4.69, 9.17) is 14.7 Å². The highest BCUT2D eigenvalue weighted by Gasteiger charge is 2.16. The van der Waals surface area contributed by atoms with E-state index in [-0.39, 0.29) is 18.9 Å². The molecule has 0 saturated carbocycles. The molecule has 1 N–H and O–H groups in total. The lowest BCUT2D eigenvalue weighted by Crippen LogP contribution is -2.24. The lowest BCUT2D eigenvalue weighted by molar-refractivity contribution is 0.0951. The maximum Gasteiger partial charge on any atom is 0.255 e. The number of hydrogen-bond acceptors (Lipinski definition) is 5. The SMILES string of the molecule is COc1cc2nccc(Oc3cccc(F)c3)c2cc1C(=O)NCCC#N. The number of fused-ring (bicyclic) bond motifs is 1. The van der Waals surface area contributed by atoms with E-state index in [1.807, 2.05) is 6.07 Å². The number of pyridine rings is 1. The van der Waals surface area contributed by atoms with Gasteiger partial charge in [-0.25, -0.2) is 4.39 Å². The summed E-state index contributed by atoms with van der Waals surface area (Å²) in [6, 6.07) is 12.6. The van der Waals surface area contributed by atoms with Gasteiger partial charge in [0.2, 0.25) is 0 Å². The van der Waals surface area contributed by atoms with Crippen molar-refractivity contribution >= 4 is 16.8 Å². The molecule has 0 radical (unpaired) electrons. The number of carbonyl (C=O) groups excluding carboxylic acids is 1. The third-order valence-electron chi connectivity index (χ3n) is 3.81. The van der Waals surface area contributed by atoms with Gasteiger partial charge in [0.15, 0.2) is 0 Å². The largest absolute Gasteiger partial charge is 0.496 e. The molecule has 27 heavy (non-hydrogen) atoms. The van der Waals surface area contributed by atoms with Crippen molar-refractivity contribution in [1.82, 2.24) is 10.3 Å². The third kappa shape index (κ3) is 4.12. The fourth-order valence-corrected chi connectivity index (χ4v) is 2.57. The second-order valence-corrected chi connectivity index (χ2v) is 5.60. The highest BCUT2D eigenvalue weighted by atomic mass is 19.1. The molecule has 0 fully saturated rings. The molecule has 1 amide bonds. The molecule has 0 aliphatic rings. The number of carbonyl (C=O) groups is 1. The second-order valence-electron chi connectivity index (χ2n) is 5.60. The quantitative estimate of drug-likeness (QED) is 0.672. The summed E-state index contributed by atoms with van der Waals surface area (Å²) in [6.07, 6.45) is 1.76. The Hall–Kier alpha value is -3.66. The number of methoxy groups -OCH3 is 1. The molecule has 6 nitrogen and oxygen atoms in total. The summed E-state index contributed by atoms with van der Waals surface area (Å²) in [5.74, 6) is 0.333. The van der Waals surface area contributed by atoms with Gasteiger partial charge >= 0.3 is 0 Å². The van der Waals surface area contributed by atoms with E-state index in [0.717, 1.165) is 0 Å². The van der Waals surface area contributed by atoms with E-state index in [0.29, 0.717) is 33.7 Å². The van der Waals surface area contributed by atoms with Gasteiger partial charge in [-0.15, -0.1) is 0 Å². The molecule has 0 aliphatic heterocycles. The van der Waals surface area contributed by atoms with E-state index < -0.39 is 5.82 Å². The Kier molecular flexibility index (Phi) is 5.47. The number of ether oxygens (including phenoxy) is 2. The van der Waals surface area contributed by atoms with Crippen molar-refractivity contribution in [3.63, 3.8) is 0 Å². The molecule has 1 heterocycles. The number of benzene rings is 2. The first-order valence-corrected chi connectivity index (χ1v) is 8.17.